The van der Waals surface area contributed by atoms with Crippen molar-refractivity contribution < 1.29 is 24.2 Å². The zero-order valence-corrected chi connectivity index (χ0v) is 18.5. The molecule has 0 spiro atoms. The third-order valence-corrected chi connectivity index (χ3v) is 5.26. The van der Waals surface area contributed by atoms with E-state index in [1.807, 2.05) is 0 Å². The van der Waals surface area contributed by atoms with Crippen LogP contribution in [0.3, 0.4) is 0 Å². The molecule has 1 aliphatic rings. The Balaban J connectivity index is 1.50. The van der Waals surface area contributed by atoms with E-state index in [0.29, 0.717) is 24.5 Å². The molecule has 34 heavy (non-hydrogen) atoms. The maximum atomic E-state index is 12.8. The molecule has 0 aromatic carbocycles. The quantitative estimate of drug-likeness (QED) is 0.509. The summed E-state index contributed by atoms with van der Waals surface area (Å²) < 4.78 is 6.51. The maximum Gasteiger partial charge on any atom is 0.407 e. The molecule has 13 heteroatoms. The topological polar surface area (TPSA) is 165 Å². The van der Waals surface area contributed by atoms with Crippen LogP contribution < -0.4 is 5.32 Å². The molecule has 0 saturated carbocycles. The molecule has 0 radical (unpaired) electrons. The van der Waals surface area contributed by atoms with Crippen LogP contribution in [-0.4, -0.2) is 71.3 Å². The van der Waals surface area contributed by atoms with Gasteiger partial charge in [0.2, 0.25) is 5.82 Å². The Hall–Kier alpha value is -4.42. The van der Waals surface area contributed by atoms with Crippen LogP contribution in [0.15, 0.2) is 30.5 Å². The minimum Gasteiger partial charge on any atom is -0.465 e. The molecule has 0 saturated heterocycles. The number of nitrogens with zero attached hydrogens (tertiary/aromatic N) is 7. The summed E-state index contributed by atoms with van der Waals surface area (Å²) in [5.74, 6) is -0.286. The predicted octanol–water partition coefficient (Wildman–Crippen LogP) is 1.54. The fraction of sp³-hybridized carbons (Fsp3) is 0.333. The van der Waals surface area contributed by atoms with Crippen LogP contribution in [0, 0.1) is 0 Å². The van der Waals surface area contributed by atoms with E-state index in [1.54, 1.807) is 37.4 Å². The third-order valence-electron chi connectivity index (χ3n) is 5.26. The molecule has 1 unspecified atom stereocenters. The summed E-state index contributed by atoms with van der Waals surface area (Å²) in [6.45, 7) is 3.80. The van der Waals surface area contributed by atoms with Crippen molar-refractivity contribution in [3.05, 3.63) is 47.3 Å². The number of tetrazole rings is 1. The van der Waals surface area contributed by atoms with Crippen molar-refractivity contribution in [1.29, 1.82) is 0 Å². The monoisotopic (exact) mass is 466 g/mol. The van der Waals surface area contributed by atoms with Crippen molar-refractivity contribution in [2.75, 3.05) is 18.5 Å². The van der Waals surface area contributed by atoms with Gasteiger partial charge in [-0.05, 0) is 53.1 Å². The number of carbonyl (C=O) groups excluding carboxylic acids is 2. The smallest absolute Gasteiger partial charge is 0.407 e. The number of carboxylic acid groups (broad SMARTS) is 1. The zero-order valence-electron chi connectivity index (χ0n) is 18.5. The average Bonchev–Trinajstić information content (AvgIpc) is 3.32. The van der Waals surface area contributed by atoms with Crippen molar-refractivity contribution in [2.24, 2.45) is 0 Å². The van der Waals surface area contributed by atoms with Gasteiger partial charge in [-0.15, -0.1) is 5.10 Å². The second-order valence-electron chi connectivity index (χ2n) is 7.75. The summed E-state index contributed by atoms with van der Waals surface area (Å²) in [6.07, 6.45) is 1.15. The van der Waals surface area contributed by atoms with Gasteiger partial charge in [0.25, 0.3) is 5.91 Å². The summed E-state index contributed by atoms with van der Waals surface area (Å²) in [4.78, 5) is 45.1. The van der Waals surface area contributed by atoms with Gasteiger partial charge in [0.1, 0.15) is 23.8 Å². The van der Waals surface area contributed by atoms with E-state index >= 15 is 0 Å². The molecule has 176 valence electrons. The lowest BCUT2D eigenvalue weighted by Crippen LogP contribution is -2.35. The number of anilines is 1. The first kappa shape index (κ1) is 22.8. The van der Waals surface area contributed by atoms with E-state index in [4.69, 9.17) is 4.74 Å². The SMILES string of the molecule is CC(=O)OCC(C)n1nnnc1-c1cccc(NC(=O)c2cc3c(cn2)CCN(C(=O)O)C3)n1. The highest BCUT2D eigenvalue weighted by Crippen LogP contribution is 2.21. The van der Waals surface area contributed by atoms with Gasteiger partial charge in [-0.3, -0.25) is 14.6 Å². The van der Waals surface area contributed by atoms with Gasteiger partial charge in [-0.1, -0.05) is 6.07 Å². The van der Waals surface area contributed by atoms with E-state index in [-0.39, 0.29) is 30.7 Å². The van der Waals surface area contributed by atoms with Crippen molar-refractivity contribution in [2.45, 2.75) is 32.9 Å². The zero-order chi connectivity index (χ0) is 24.2. The average molecular weight is 466 g/mol. The number of fused-ring (bicyclic) bond motifs is 1. The normalized spacial score (nSPS) is 13.6. The number of carbonyl (C=O) groups is 3. The lowest BCUT2D eigenvalue weighted by Gasteiger charge is -2.26. The number of esters is 1. The first-order chi connectivity index (χ1) is 16.3. The summed E-state index contributed by atoms with van der Waals surface area (Å²) >= 11 is 0. The van der Waals surface area contributed by atoms with Gasteiger partial charge in [0, 0.05) is 26.2 Å². The van der Waals surface area contributed by atoms with Gasteiger partial charge in [-0.25, -0.2) is 14.5 Å². The Morgan fingerprint density at radius 2 is 2.09 bits per heavy atom. The molecule has 2 amide bonds. The summed E-state index contributed by atoms with van der Waals surface area (Å²) in [6, 6.07) is 6.26. The van der Waals surface area contributed by atoms with Crippen LogP contribution in [0.4, 0.5) is 10.6 Å². The van der Waals surface area contributed by atoms with E-state index < -0.39 is 18.0 Å². The molecule has 4 rings (SSSR count). The summed E-state index contributed by atoms with van der Waals surface area (Å²) in [7, 11) is 0. The second-order valence-corrected chi connectivity index (χ2v) is 7.75. The molecule has 3 aromatic heterocycles. The Morgan fingerprint density at radius 3 is 2.85 bits per heavy atom. The third kappa shape index (κ3) is 4.98. The predicted molar refractivity (Wildman–Crippen MR) is 117 cm³/mol. The van der Waals surface area contributed by atoms with Crippen molar-refractivity contribution >= 4 is 23.8 Å². The number of aromatic nitrogens is 6. The van der Waals surface area contributed by atoms with Crippen LogP contribution >= 0.6 is 0 Å². The molecular weight excluding hydrogens is 444 g/mol. The number of rotatable bonds is 6. The number of hydrogen-bond acceptors (Lipinski definition) is 9. The minimum absolute atomic E-state index is 0.0904. The van der Waals surface area contributed by atoms with Gasteiger partial charge in [0.15, 0.2) is 0 Å². The molecule has 1 aliphatic heterocycles. The summed E-state index contributed by atoms with van der Waals surface area (Å²) in [5.41, 5.74) is 2.23. The number of pyridine rings is 2. The van der Waals surface area contributed by atoms with Crippen molar-refractivity contribution in [3.8, 4) is 11.5 Å². The Kier molecular flexibility index (Phi) is 6.43. The molecule has 13 nitrogen and oxygen atoms in total. The van der Waals surface area contributed by atoms with Gasteiger partial charge >= 0.3 is 12.1 Å². The van der Waals surface area contributed by atoms with Crippen molar-refractivity contribution in [3.63, 3.8) is 0 Å². The van der Waals surface area contributed by atoms with Crippen molar-refractivity contribution in [1.82, 2.24) is 35.1 Å². The molecule has 4 heterocycles. The molecule has 2 N–H and O–H groups in total. The fourth-order valence-corrected chi connectivity index (χ4v) is 3.50. The van der Waals surface area contributed by atoms with E-state index in [9.17, 15) is 19.5 Å². The Labute approximate surface area is 193 Å². The fourth-order valence-electron chi connectivity index (χ4n) is 3.50. The maximum absolute atomic E-state index is 12.8. The van der Waals surface area contributed by atoms with Crippen LogP contribution in [0.5, 0.6) is 0 Å². The van der Waals surface area contributed by atoms with Gasteiger partial charge < -0.3 is 20.1 Å². The largest absolute Gasteiger partial charge is 0.465 e. The molecule has 0 fully saturated rings. The lowest BCUT2D eigenvalue weighted by molar-refractivity contribution is -0.142. The van der Waals surface area contributed by atoms with Crippen LogP contribution in [0.25, 0.3) is 11.5 Å². The highest BCUT2D eigenvalue weighted by molar-refractivity contribution is 6.02. The summed E-state index contributed by atoms with van der Waals surface area (Å²) in [5, 5.41) is 23.6. The van der Waals surface area contributed by atoms with Gasteiger partial charge in [-0.2, -0.15) is 0 Å². The van der Waals surface area contributed by atoms with Crippen LogP contribution in [-0.2, 0) is 22.5 Å². The van der Waals surface area contributed by atoms with Crippen LogP contribution in [0.1, 0.15) is 41.5 Å². The molecule has 0 bridgehead atoms. The highest BCUT2D eigenvalue weighted by atomic mass is 16.5. The molecular formula is C21H22N8O5. The Bertz CT molecular complexity index is 1240. The highest BCUT2D eigenvalue weighted by Gasteiger charge is 2.22. The van der Waals surface area contributed by atoms with Crippen LogP contribution in [0.2, 0.25) is 0 Å². The molecule has 0 aliphatic carbocycles. The lowest BCUT2D eigenvalue weighted by atomic mass is 10.0. The van der Waals surface area contributed by atoms with E-state index in [2.05, 4.69) is 30.8 Å². The second kappa shape index (κ2) is 9.60. The Morgan fingerprint density at radius 1 is 1.26 bits per heavy atom. The number of nitrogens with one attached hydrogen (secondary N) is 1. The first-order valence-corrected chi connectivity index (χ1v) is 10.5. The number of hydrogen-bond donors (Lipinski definition) is 2. The minimum atomic E-state index is -1.00. The number of amides is 2. The molecule has 3 aromatic rings. The van der Waals surface area contributed by atoms with Gasteiger partial charge in [0.05, 0.1) is 6.04 Å². The van der Waals surface area contributed by atoms with E-state index in [0.717, 1.165) is 11.1 Å². The first-order valence-electron chi connectivity index (χ1n) is 10.5. The molecule has 1 atom stereocenters. The number of ether oxygens (including phenoxy) is 1. The van der Waals surface area contributed by atoms with E-state index in [1.165, 1.54) is 16.5 Å². The standard InChI is InChI=1S/C21H22N8O5/c1-12(11-34-13(2)30)29-19(25-26-27-29)16-4-3-5-18(23-16)24-20(31)17-8-15-10-28(21(32)33)7-6-14(15)9-22-17/h3-5,8-9,12H,6-7,10-11H2,1-2H3,(H,32,33)(H,23,24,31).